The van der Waals surface area contributed by atoms with Crippen molar-refractivity contribution < 1.29 is 9.53 Å². The summed E-state index contributed by atoms with van der Waals surface area (Å²) in [5, 5.41) is 3.81. The van der Waals surface area contributed by atoms with Gasteiger partial charge in [0.15, 0.2) is 5.54 Å². The van der Waals surface area contributed by atoms with E-state index in [1.165, 1.54) is 0 Å². The average Bonchev–Trinajstić information content (AvgIpc) is 2.48. The van der Waals surface area contributed by atoms with E-state index in [1.54, 1.807) is 50.5 Å². The lowest BCUT2D eigenvalue weighted by molar-refractivity contribution is -0.148. The van der Waals surface area contributed by atoms with Gasteiger partial charge in [0.05, 0.1) is 6.61 Å². The molecule has 0 spiro atoms. The van der Waals surface area contributed by atoms with Crippen molar-refractivity contribution in [2.45, 2.75) is 19.4 Å². The molecule has 1 aromatic carbocycles. The number of benzene rings is 1. The van der Waals surface area contributed by atoms with Gasteiger partial charge in [0.1, 0.15) is 0 Å². The third-order valence-electron chi connectivity index (χ3n) is 3.16. The first-order chi connectivity index (χ1) is 10.1. The molecular weight excluding hydrogens is 288 g/mol. The zero-order chi connectivity index (χ0) is 15.3. The number of hydrogen-bond donors (Lipinski definition) is 1. The van der Waals surface area contributed by atoms with Gasteiger partial charge in [-0.25, -0.2) is 4.79 Å². The van der Waals surface area contributed by atoms with Crippen LogP contribution in [0.25, 0.3) is 0 Å². The van der Waals surface area contributed by atoms with Crippen molar-refractivity contribution in [2.75, 3.05) is 11.9 Å². The third-order valence-corrected chi connectivity index (χ3v) is 3.40. The van der Waals surface area contributed by atoms with Crippen LogP contribution in [-0.4, -0.2) is 17.6 Å². The third kappa shape index (κ3) is 3.52. The molecule has 5 heteroatoms. The molecule has 1 unspecified atom stereocenters. The number of halogens is 1. The molecule has 0 amide bonds. The van der Waals surface area contributed by atoms with Crippen molar-refractivity contribution in [3.8, 4) is 0 Å². The highest BCUT2D eigenvalue weighted by Gasteiger charge is 2.36. The molecule has 0 aliphatic heterocycles. The molecule has 110 valence electrons. The fourth-order valence-corrected chi connectivity index (χ4v) is 2.25. The Morgan fingerprint density at radius 2 is 2.05 bits per heavy atom. The standard InChI is InChI=1S/C16H17ClN2O2/c1-3-21-15(20)16(2,12-7-9-18-10-8-12)19-14-6-4-5-13(17)11-14/h4-11,19H,3H2,1-2H3. The second-order valence-electron chi connectivity index (χ2n) is 4.72. The first-order valence-corrected chi connectivity index (χ1v) is 7.05. The van der Waals surface area contributed by atoms with Crippen molar-refractivity contribution in [1.29, 1.82) is 0 Å². The highest BCUT2D eigenvalue weighted by molar-refractivity contribution is 6.30. The Morgan fingerprint density at radius 1 is 1.33 bits per heavy atom. The molecule has 2 rings (SSSR count). The number of hydrogen-bond acceptors (Lipinski definition) is 4. The molecule has 1 aromatic heterocycles. The summed E-state index contributed by atoms with van der Waals surface area (Å²) in [4.78, 5) is 16.4. The van der Waals surface area contributed by atoms with E-state index in [0.717, 1.165) is 11.3 Å². The molecule has 0 bridgehead atoms. The Labute approximate surface area is 129 Å². The molecule has 0 saturated heterocycles. The van der Waals surface area contributed by atoms with Gasteiger partial charge >= 0.3 is 5.97 Å². The molecule has 1 N–H and O–H groups in total. The number of ether oxygens (including phenoxy) is 1. The fourth-order valence-electron chi connectivity index (χ4n) is 2.06. The van der Waals surface area contributed by atoms with Crippen LogP contribution in [0.15, 0.2) is 48.8 Å². The van der Waals surface area contributed by atoms with Crippen LogP contribution in [-0.2, 0) is 15.1 Å². The lowest BCUT2D eigenvalue weighted by Crippen LogP contribution is -2.42. The summed E-state index contributed by atoms with van der Waals surface area (Å²) in [5.74, 6) is -0.351. The van der Waals surface area contributed by atoms with E-state index in [4.69, 9.17) is 16.3 Å². The number of anilines is 1. The quantitative estimate of drug-likeness (QED) is 0.857. The monoisotopic (exact) mass is 304 g/mol. The predicted octanol–water partition coefficient (Wildman–Crippen LogP) is 3.63. The Bertz CT molecular complexity index is 619. The van der Waals surface area contributed by atoms with Gasteiger partial charge in [0.25, 0.3) is 0 Å². The molecular formula is C16H17ClN2O2. The van der Waals surface area contributed by atoms with E-state index < -0.39 is 5.54 Å². The summed E-state index contributed by atoms with van der Waals surface area (Å²) in [6, 6.07) is 10.8. The Kier molecular flexibility index (Phi) is 4.81. The molecule has 0 radical (unpaired) electrons. The van der Waals surface area contributed by atoms with E-state index in [9.17, 15) is 4.79 Å². The lowest BCUT2D eigenvalue weighted by atomic mass is 9.92. The maximum absolute atomic E-state index is 12.4. The molecule has 21 heavy (non-hydrogen) atoms. The molecule has 0 saturated carbocycles. The maximum atomic E-state index is 12.4. The normalized spacial score (nSPS) is 13.3. The average molecular weight is 305 g/mol. The van der Waals surface area contributed by atoms with Crippen LogP contribution in [0.3, 0.4) is 0 Å². The van der Waals surface area contributed by atoms with E-state index in [1.807, 2.05) is 12.1 Å². The van der Waals surface area contributed by atoms with Crippen LogP contribution in [0, 0.1) is 0 Å². The van der Waals surface area contributed by atoms with Gasteiger partial charge in [-0.2, -0.15) is 0 Å². The van der Waals surface area contributed by atoms with Crippen molar-refractivity contribution >= 4 is 23.3 Å². The summed E-state index contributed by atoms with van der Waals surface area (Å²) in [5.41, 5.74) is 0.509. The molecule has 1 atom stereocenters. The van der Waals surface area contributed by atoms with Crippen LogP contribution in [0.2, 0.25) is 5.02 Å². The Morgan fingerprint density at radius 3 is 2.67 bits per heavy atom. The number of nitrogens with zero attached hydrogens (tertiary/aromatic N) is 1. The van der Waals surface area contributed by atoms with Crippen molar-refractivity contribution in [3.63, 3.8) is 0 Å². The molecule has 1 heterocycles. The first-order valence-electron chi connectivity index (χ1n) is 6.67. The van der Waals surface area contributed by atoms with Crippen LogP contribution in [0.5, 0.6) is 0 Å². The number of pyridine rings is 1. The zero-order valence-corrected chi connectivity index (χ0v) is 12.7. The number of carbonyl (C=O) groups is 1. The maximum Gasteiger partial charge on any atom is 0.336 e. The Hall–Kier alpha value is -2.07. The van der Waals surface area contributed by atoms with Crippen LogP contribution in [0.4, 0.5) is 5.69 Å². The summed E-state index contributed by atoms with van der Waals surface area (Å²) in [6.45, 7) is 3.88. The van der Waals surface area contributed by atoms with Crippen molar-refractivity contribution in [3.05, 3.63) is 59.4 Å². The van der Waals surface area contributed by atoms with Crippen LogP contribution in [0.1, 0.15) is 19.4 Å². The second kappa shape index (κ2) is 6.59. The van der Waals surface area contributed by atoms with Crippen LogP contribution < -0.4 is 5.32 Å². The minimum Gasteiger partial charge on any atom is -0.464 e. The van der Waals surface area contributed by atoms with E-state index >= 15 is 0 Å². The van der Waals surface area contributed by atoms with Crippen molar-refractivity contribution in [2.24, 2.45) is 0 Å². The van der Waals surface area contributed by atoms with Gasteiger partial charge in [0, 0.05) is 23.1 Å². The van der Waals surface area contributed by atoms with Gasteiger partial charge in [-0.15, -0.1) is 0 Å². The smallest absolute Gasteiger partial charge is 0.336 e. The summed E-state index contributed by atoms with van der Waals surface area (Å²) < 4.78 is 5.21. The molecule has 0 aliphatic carbocycles. The van der Waals surface area contributed by atoms with Gasteiger partial charge in [-0.1, -0.05) is 17.7 Å². The zero-order valence-electron chi connectivity index (χ0n) is 12.0. The van der Waals surface area contributed by atoms with Gasteiger partial charge in [-0.3, -0.25) is 4.98 Å². The van der Waals surface area contributed by atoms with E-state index in [-0.39, 0.29) is 5.97 Å². The second-order valence-corrected chi connectivity index (χ2v) is 5.15. The lowest BCUT2D eigenvalue weighted by Gasteiger charge is -2.30. The van der Waals surface area contributed by atoms with Crippen LogP contribution >= 0.6 is 11.6 Å². The Balaban J connectivity index is 2.39. The first kappa shape index (κ1) is 15.3. The van der Waals surface area contributed by atoms with Gasteiger partial charge in [-0.05, 0) is 49.7 Å². The highest BCUT2D eigenvalue weighted by Crippen LogP contribution is 2.28. The summed E-state index contributed by atoms with van der Waals surface area (Å²) in [6.07, 6.45) is 3.29. The molecule has 0 aliphatic rings. The minimum absolute atomic E-state index is 0.316. The van der Waals surface area contributed by atoms with Crippen molar-refractivity contribution in [1.82, 2.24) is 4.98 Å². The predicted molar refractivity (Wildman–Crippen MR) is 83.3 cm³/mol. The summed E-state index contributed by atoms with van der Waals surface area (Å²) >= 11 is 5.99. The molecule has 4 nitrogen and oxygen atoms in total. The summed E-state index contributed by atoms with van der Waals surface area (Å²) in [7, 11) is 0. The van der Waals surface area contributed by atoms with E-state index in [2.05, 4.69) is 10.3 Å². The van der Waals surface area contributed by atoms with Gasteiger partial charge in [0.2, 0.25) is 0 Å². The molecule has 2 aromatic rings. The number of nitrogens with one attached hydrogen (secondary N) is 1. The largest absolute Gasteiger partial charge is 0.464 e. The van der Waals surface area contributed by atoms with E-state index in [0.29, 0.717) is 11.6 Å². The minimum atomic E-state index is -1.01. The highest BCUT2D eigenvalue weighted by atomic mass is 35.5. The number of esters is 1. The topological polar surface area (TPSA) is 51.2 Å². The number of aromatic nitrogens is 1. The number of carbonyl (C=O) groups excluding carboxylic acids is 1. The number of rotatable bonds is 5. The molecule has 0 fully saturated rings. The van der Waals surface area contributed by atoms with Gasteiger partial charge < -0.3 is 10.1 Å². The fraction of sp³-hybridized carbons (Fsp3) is 0.250. The SMILES string of the molecule is CCOC(=O)C(C)(Nc1cccc(Cl)c1)c1ccncc1.